The van der Waals surface area contributed by atoms with Crippen molar-refractivity contribution in [1.29, 1.82) is 0 Å². The van der Waals surface area contributed by atoms with Crippen LogP contribution < -0.4 is 10.6 Å². The van der Waals surface area contributed by atoms with Crippen LogP contribution in [0.5, 0.6) is 0 Å². The number of hydrogen-bond donors (Lipinski definition) is 3. The van der Waals surface area contributed by atoms with Crippen molar-refractivity contribution >= 4 is 17.1 Å². The van der Waals surface area contributed by atoms with E-state index in [1.807, 2.05) is 91.3 Å². The first kappa shape index (κ1) is 31.3. The van der Waals surface area contributed by atoms with E-state index in [2.05, 4.69) is 62.6 Å². The number of amides is 2. The van der Waals surface area contributed by atoms with Gasteiger partial charge in [0.2, 0.25) is 0 Å². The Bertz CT molecular complexity index is 1960. The molecule has 6 aromatic rings. The van der Waals surface area contributed by atoms with Crippen LogP contribution in [-0.2, 0) is 35.7 Å². The Morgan fingerprint density at radius 2 is 1.44 bits per heavy atom. The maximum atomic E-state index is 12.4. The van der Waals surface area contributed by atoms with Crippen LogP contribution in [0.25, 0.3) is 22.2 Å². The van der Waals surface area contributed by atoms with Crippen molar-refractivity contribution in [3.63, 3.8) is 0 Å². The van der Waals surface area contributed by atoms with Gasteiger partial charge in [-0.3, -0.25) is 0 Å². The summed E-state index contributed by atoms with van der Waals surface area (Å²) in [5.74, 6) is 0. The highest BCUT2D eigenvalue weighted by Gasteiger charge is 2.32. The van der Waals surface area contributed by atoms with Crippen LogP contribution in [0.1, 0.15) is 46.6 Å². The maximum absolute atomic E-state index is 12.4. The number of para-hydroxylation sites is 2. The van der Waals surface area contributed by atoms with Crippen molar-refractivity contribution in [2.45, 2.75) is 51.2 Å². The molecule has 0 radical (unpaired) electrons. The molecular formula is C40H38N4O4. The van der Waals surface area contributed by atoms with Crippen LogP contribution in [0.15, 0.2) is 134 Å². The van der Waals surface area contributed by atoms with Gasteiger partial charge in [-0.25, -0.2) is 9.78 Å². The first-order chi connectivity index (χ1) is 23.6. The molecule has 0 bridgehead atoms. The Morgan fingerprint density at radius 3 is 2.23 bits per heavy atom. The third kappa shape index (κ3) is 7.47. The molecule has 0 unspecified atom stereocenters. The second-order valence-electron chi connectivity index (χ2n) is 12.1. The van der Waals surface area contributed by atoms with Gasteiger partial charge < -0.3 is 29.8 Å². The van der Waals surface area contributed by atoms with Gasteiger partial charge in [0.05, 0.1) is 42.7 Å². The van der Waals surface area contributed by atoms with Gasteiger partial charge >= 0.3 is 6.03 Å². The number of fused-ring (bicyclic) bond motifs is 1. The third-order valence-electron chi connectivity index (χ3n) is 8.73. The zero-order valence-electron chi connectivity index (χ0n) is 26.5. The summed E-state index contributed by atoms with van der Waals surface area (Å²) in [5.41, 5.74) is 9.06. The molecule has 8 heteroatoms. The van der Waals surface area contributed by atoms with Crippen molar-refractivity contribution in [1.82, 2.24) is 20.2 Å². The van der Waals surface area contributed by atoms with Gasteiger partial charge in [-0.05, 0) is 51.6 Å². The number of hydrogen-bond acceptors (Lipinski definition) is 5. The molecule has 3 N–H and O–H groups in total. The molecule has 1 aliphatic rings. The number of benzene rings is 5. The highest BCUT2D eigenvalue weighted by molar-refractivity contribution is 5.75. The predicted octanol–water partition coefficient (Wildman–Crippen LogP) is 7.44. The highest BCUT2D eigenvalue weighted by atomic mass is 16.7. The first-order valence-electron chi connectivity index (χ1n) is 16.3. The Kier molecular flexibility index (Phi) is 9.56. The molecule has 1 fully saturated rings. The zero-order valence-corrected chi connectivity index (χ0v) is 26.5. The molecule has 1 aliphatic heterocycles. The van der Waals surface area contributed by atoms with Crippen molar-refractivity contribution in [2.75, 3.05) is 0 Å². The number of carbonyl (C=O) groups is 1. The molecular weight excluding hydrogens is 600 g/mol. The number of imidazole rings is 1. The molecule has 0 saturated carbocycles. The van der Waals surface area contributed by atoms with Gasteiger partial charge in [-0.15, -0.1) is 0 Å². The summed E-state index contributed by atoms with van der Waals surface area (Å²) in [5, 5.41) is 15.4. The lowest BCUT2D eigenvalue weighted by atomic mass is 9.99. The molecule has 8 nitrogen and oxygen atoms in total. The predicted molar refractivity (Wildman–Crippen MR) is 186 cm³/mol. The van der Waals surface area contributed by atoms with E-state index < -0.39 is 6.29 Å². The topological polar surface area (TPSA) is 97.6 Å². The third-order valence-corrected chi connectivity index (χ3v) is 8.73. The minimum atomic E-state index is -0.556. The van der Waals surface area contributed by atoms with Crippen LogP contribution in [0, 0.1) is 0 Å². The number of carbonyl (C=O) groups excluding carboxylic acids is 1. The molecule has 1 aromatic heterocycles. The second kappa shape index (κ2) is 14.6. The fourth-order valence-electron chi connectivity index (χ4n) is 6.12. The van der Waals surface area contributed by atoms with E-state index in [0.717, 1.165) is 50.0 Å². The number of urea groups is 1. The van der Waals surface area contributed by atoms with E-state index in [-0.39, 0.29) is 24.8 Å². The highest BCUT2D eigenvalue weighted by Crippen LogP contribution is 2.39. The number of aromatic nitrogens is 2. The van der Waals surface area contributed by atoms with Gasteiger partial charge in [-0.2, -0.15) is 0 Å². The lowest BCUT2D eigenvalue weighted by molar-refractivity contribution is -0.252. The number of nitrogens with one attached hydrogen (secondary N) is 2. The molecule has 2 amide bonds. The van der Waals surface area contributed by atoms with Crippen molar-refractivity contribution in [3.05, 3.63) is 162 Å². The molecule has 48 heavy (non-hydrogen) atoms. The first-order valence-corrected chi connectivity index (χ1v) is 16.3. The molecule has 2 heterocycles. The summed E-state index contributed by atoms with van der Waals surface area (Å²) < 4.78 is 15.3. The average molecular weight is 639 g/mol. The summed E-state index contributed by atoms with van der Waals surface area (Å²) in [4.78, 5) is 17.0. The van der Waals surface area contributed by atoms with Crippen LogP contribution in [0.3, 0.4) is 0 Å². The van der Waals surface area contributed by atoms with Crippen molar-refractivity contribution in [2.24, 2.45) is 0 Å². The van der Waals surface area contributed by atoms with Crippen LogP contribution >= 0.6 is 0 Å². The van der Waals surface area contributed by atoms with E-state index in [4.69, 9.17) is 9.47 Å². The van der Waals surface area contributed by atoms with Gasteiger partial charge in [0.1, 0.15) is 0 Å². The summed E-state index contributed by atoms with van der Waals surface area (Å²) in [6.45, 7) is 1.55. The van der Waals surface area contributed by atoms with E-state index in [0.29, 0.717) is 26.1 Å². The number of nitrogens with zero attached hydrogens (tertiary/aromatic N) is 2. The summed E-state index contributed by atoms with van der Waals surface area (Å²) >= 11 is 0. The Morgan fingerprint density at radius 1 is 0.729 bits per heavy atom. The number of rotatable bonds is 10. The van der Waals surface area contributed by atoms with Crippen LogP contribution in [0.4, 0.5) is 4.79 Å². The lowest BCUT2D eigenvalue weighted by Crippen LogP contribution is -2.34. The number of aliphatic hydroxyl groups excluding tert-OH is 1. The fraction of sp³-hybridized carbons (Fsp3) is 0.200. The van der Waals surface area contributed by atoms with Gasteiger partial charge in [0, 0.05) is 25.1 Å². The SMILES string of the molecule is O=C(NCc1ccccc1)NCc1cccc(-c2ccc([C@H]3O[C@@H](Cn4cnc5ccccc54)C[C@@H](c4ccc(CO)cc4)O3)cc2)c1. The normalized spacial score (nSPS) is 17.6. The molecule has 1 saturated heterocycles. The van der Waals surface area contributed by atoms with Crippen LogP contribution in [-0.4, -0.2) is 26.8 Å². The maximum Gasteiger partial charge on any atom is 0.315 e. The molecule has 0 spiro atoms. The van der Waals surface area contributed by atoms with Gasteiger partial charge in [0.15, 0.2) is 6.29 Å². The van der Waals surface area contributed by atoms with E-state index in [9.17, 15) is 9.90 Å². The average Bonchev–Trinajstić information content (AvgIpc) is 3.56. The quantitative estimate of drug-likeness (QED) is 0.145. The van der Waals surface area contributed by atoms with Gasteiger partial charge in [-0.1, -0.05) is 109 Å². The molecule has 3 atom stereocenters. The van der Waals surface area contributed by atoms with Crippen molar-refractivity contribution < 1.29 is 19.4 Å². The molecule has 0 aliphatic carbocycles. The largest absolute Gasteiger partial charge is 0.392 e. The number of ether oxygens (including phenoxy) is 2. The Hall–Kier alpha value is -5.28. The summed E-state index contributed by atoms with van der Waals surface area (Å²) in [6.07, 6.45) is 1.71. The monoisotopic (exact) mass is 638 g/mol. The zero-order chi connectivity index (χ0) is 32.7. The van der Waals surface area contributed by atoms with Crippen LogP contribution in [0.2, 0.25) is 0 Å². The fourth-order valence-corrected chi connectivity index (χ4v) is 6.12. The molecule has 242 valence electrons. The van der Waals surface area contributed by atoms with Crippen molar-refractivity contribution in [3.8, 4) is 11.1 Å². The van der Waals surface area contributed by atoms with Gasteiger partial charge in [0.25, 0.3) is 0 Å². The second-order valence-corrected chi connectivity index (χ2v) is 12.1. The summed E-state index contributed by atoms with van der Waals surface area (Å²) in [6, 6.07) is 42.2. The van der Waals surface area contributed by atoms with E-state index >= 15 is 0 Å². The number of aliphatic hydroxyl groups is 1. The smallest absolute Gasteiger partial charge is 0.315 e. The standard InChI is InChI=1S/C40H38N4O4/c45-26-29-13-15-32(16-14-29)38-22-35(25-44-27-43-36-11-4-5-12-37(36)44)47-39(48-38)33-19-17-31(18-20-33)34-10-6-9-30(21-34)24-42-40(46)41-23-28-7-2-1-3-8-28/h1-21,27,35,38-39,45H,22-26H2,(H2,41,42,46)/t35-,38+,39+/m1/s1. The minimum absolute atomic E-state index is 0.00370. The molecule has 5 aromatic carbocycles. The Labute approximate surface area is 280 Å². The van der Waals surface area contributed by atoms with E-state index in [1.54, 1.807) is 0 Å². The Balaban J connectivity index is 1.04. The molecule has 7 rings (SSSR count). The minimum Gasteiger partial charge on any atom is -0.392 e. The van der Waals surface area contributed by atoms with E-state index in [1.165, 1.54) is 0 Å². The summed E-state index contributed by atoms with van der Waals surface area (Å²) in [7, 11) is 0. The lowest BCUT2D eigenvalue weighted by Gasteiger charge is -2.36.